The fourth-order valence-electron chi connectivity index (χ4n) is 2.26. The van der Waals surface area contributed by atoms with Gasteiger partial charge < -0.3 is 9.47 Å². The molecule has 2 aromatic rings. The Labute approximate surface area is 183 Å². The van der Waals surface area contributed by atoms with Crippen molar-refractivity contribution >= 4 is 63.8 Å². The van der Waals surface area contributed by atoms with Crippen molar-refractivity contribution in [3.63, 3.8) is 0 Å². The number of halogens is 5. The minimum absolute atomic E-state index is 0.0731. The molecule has 146 valence electrons. The Kier molecular flexibility index (Phi) is 8.39. The van der Waals surface area contributed by atoms with Crippen LogP contribution in [-0.4, -0.2) is 19.0 Å². The number of ether oxygens (including phenoxy) is 2. The van der Waals surface area contributed by atoms with Gasteiger partial charge in [0.2, 0.25) is 0 Å². The summed E-state index contributed by atoms with van der Waals surface area (Å²) in [5.41, 5.74) is 1.59. The van der Waals surface area contributed by atoms with Crippen molar-refractivity contribution in [2.75, 3.05) is 13.2 Å². The molecule has 0 amide bonds. The maximum absolute atomic E-state index is 11.8. The van der Waals surface area contributed by atoms with Gasteiger partial charge in [0.25, 0.3) is 0 Å². The van der Waals surface area contributed by atoms with Crippen molar-refractivity contribution in [2.45, 2.75) is 26.7 Å². The summed E-state index contributed by atoms with van der Waals surface area (Å²) in [5.74, 6) is 0.927. The minimum atomic E-state index is 0.0731. The predicted octanol–water partition coefficient (Wildman–Crippen LogP) is 7.70. The topological polar surface area (TPSA) is 35.5 Å². The molecule has 0 N–H and O–H groups in total. The lowest BCUT2D eigenvalue weighted by atomic mass is 10.1. The summed E-state index contributed by atoms with van der Waals surface area (Å²) in [6.07, 6.45) is 1.000. The zero-order valence-corrected chi connectivity index (χ0v) is 18.5. The van der Waals surface area contributed by atoms with E-state index in [1.165, 1.54) is 0 Å². The first-order valence-electron chi connectivity index (χ1n) is 8.18. The quantitative estimate of drug-likeness (QED) is 0.172. The van der Waals surface area contributed by atoms with Gasteiger partial charge in [-0.25, -0.2) is 0 Å². The van der Waals surface area contributed by atoms with E-state index in [2.05, 4.69) is 0 Å². The molecule has 0 heterocycles. The van der Waals surface area contributed by atoms with Crippen LogP contribution in [0.15, 0.2) is 18.2 Å². The molecule has 2 aromatic carbocycles. The van der Waals surface area contributed by atoms with Crippen molar-refractivity contribution in [1.82, 2.24) is 0 Å². The van der Waals surface area contributed by atoms with Gasteiger partial charge in [0.1, 0.15) is 15.8 Å². The summed E-state index contributed by atoms with van der Waals surface area (Å²) in [6, 6.07) is 5.43. The van der Waals surface area contributed by atoms with Crippen LogP contribution in [0, 0.1) is 6.92 Å². The Morgan fingerprint density at radius 2 is 1.44 bits per heavy atom. The van der Waals surface area contributed by atoms with Crippen LogP contribution in [0.25, 0.3) is 0 Å². The largest absolute Gasteiger partial charge is 0.493 e. The Bertz CT molecular complexity index is 823. The van der Waals surface area contributed by atoms with Gasteiger partial charge in [0.05, 0.1) is 28.3 Å². The Morgan fingerprint density at radius 3 is 2.04 bits per heavy atom. The highest BCUT2D eigenvalue weighted by Gasteiger charge is 2.20. The molecule has 2 rings (SSSR count). The second-order valence-electron chi connectivity index (χ2n) is 5.71. The standard InChI is InChI=1S/C19H17Cl5O3/c1-3-12(25)11-6-5-10(2)13(9-11)26-7-4-8-27-19-17(23)15(21)14(20)16(22)18(19)24/h5-6,9H,3-4,7-8H2,1-2H3. The molecule has 3 nitrogen and oxygen atoms in total. The van der Waals surface area contributed by atoms with Gasteiger partial charge >= 0.3 is 0 Å². The first-order valence-corrected chi connectivity index (χ1v) is 10.1. The zero-order chi connectivity index (χ0) is 20.1. The van der Waals surface area contributed by atoms with Crippen LogP contribution in [0.1, 0.15) is 35.7 Å². The molecule has 0 aliphatic heterocycles. The van der Waals surface area contributed by atoms with Gasteiger partial charge in [0, 0.05) is 18.4 Å². The molecule has 0 atom stereocenters. The molecule has 0 bridgehead atoms. The number of hydrogen-bond donors (Lipinski definition) is 0. The maximum atomic E-state index is 11.8. The molecule has 0 saturated heterocycles. The molecule has 0 unspecified atom stereocenters. The number of hydrogen-bond acceptors (Lipinski definition) is 3. The van der Waals surface area contributed by atoms with Crippen LogP contribution in [-0.2, 0) is 0 Å². The number of carbonyl (C=O) groups is 1. The molecular formula is C19H17Cl5O3. The van der Waals surface area contributed by atoms with Crippen molar-refractivity contribution in [1.29, 1.82) is 0 Å². The van der Waals surface area contributed by atoms with E-state index in [1.807, 2.05) is 19.9 Å². The minimum Gasteiger partial charge on any atom is -0.493 e. The fourth-order valence-corrected chi connectivity index (χ4v) is 3.49. The Hall–Kier alpha value is -0.840. The number of ketones is 1. The van der Waals surface area contributed by atoms with Crippen molar-refractivity contribution < 1.29 is 14.3 Å². The first-order chi connectivity index (χ1) is 12.8. The number of carbonyl (C=O) groups excluding carboxylic acids is 1. The van der Waals surface area contributed by atoms with E-state index in [4.69, 9.17) is 67.5 Å². The average Bonchev–Trinajstić information content (AvgIpc) is 2.67. The summed E-state index contributed by atoms with van der Waals surface area (Å²) < 4.78 is 11.4. The molecule has 0 aliphatic rings. The zero-order valence-electron chi connectivity index (χ0n) is 14.7. The molecule has 0 spiro atoms. The van der Waals surface area contributed by atoms with Gasteiger partial charge in [0.15, 0.2) is 11.5 Å². The SMILES string of the molecule is CCC(=O)c1ccc(C)c(OCCCOc2c(Cl)c(Cl)c(Cl)c(Cl)c2Cl)c1. The van der Waals surface area contributed by atoms with Crippen LogP contribution in [0.3, 0.4) is 0 Å². The number of aryl methyl sites for hydroxylation is 1. The van der Waals surface area contributed by atoms with Gasteiger partial charge in [-0.1, -0.05) is 77.1 Å². The summed E-state index contributed by atoms with van der Waals surface area (Å²) in [6.45, 7) is 4.41. The third-order valence-electron chi connectivity index (χ3n) is 3.79. The van der Waals surface area contributed by atoms with Crippen molar-refractivity contribution in [2.24, 2.45) is 0 Å². The summed E-state index contributed by atoms with van der Waals surface area (Å²) in [4.78, 5) is 11.8. The van der Waals surface area contributed by atoms with Crippen LogP contribution in [0.5, 0.6) is 11.5 Å². The average molecular weight is 471 g/mol. The van der Waals surface area contributed by atoms with E-state index in [0.29, 0.717) is 30.8 Å². The lowest BCUT2D eigenvalue weighted by molar-refractivity contribution is 0.0987. The smallest absolute Gasteiger partial charge is 0.162 e. The summed E-state index contributed by atoms with van der Waals surface area (Å²) in [5, 5.41) is 0.484. The second-order valence-corrected chi connectivity index (χ2v) is 7.60. The van der Waals surface area contributed by atoms with Crippen LogP contribution < -0.4 is 9.47 Å². The van der Waals surface area contributed by atoms with Crippen LogP contribution in [0.4, 0.5) is 0 Å². The normalized spacial score (nSPS) is 10.8. The third kappa shape index (κ3) is 5.36. The van der Waals surface area contributed by atoms with Gasteiger partial charge in [-0.3, -0.25) is 4.79 Å². The highest BCUT2D eigenvalue weighted by atomic mass is 35.5. The summed E-state index contributed by atoms with van der Waals surface area (Å²) in [7, 11) is 0. The molecule has 0 aliphatic carbocycles. The molecule has 0 fully saturated rings. The molecule has 8 heteroatoms. The van der Waals surface area contributed by atoms with Crippen LogP contribution >= 0.6 is 58.0 Å². The highest BCUT2D eigenvalue weighted by molar-refractivity contribution is 6.55. The fraction of sp³-hybridized carbons (Fsp3) is 0.316. The second kappa shape index (κ2) is 10.1. The molecular weight excluding hydrogens is 453 g/mol. The third-order valence-corrected chi connectivity index (χ3v) is 6.04. The molecule has 0 aromatic heterocycles. The lowest BCUT2D eigenvalue weighted by Gasteiger charge is -2.14. The molecule has 27 heavy (non-hydrogen) atoms. The highest BCUT2D eigenvalue weighted by Crippen LogP contribution is 2.48. The van der Waals surface area contributed by atoms with Crippen LogP contribution in [0.2, 0.25) is 25.1 Å². The number of rotatable bonds is 8. The predicted molar refractivity (Wildman–Crippen MR) is 113 cm³/mol. The van der Waals surface area contributed by atoms with E-state index in [-0.39, 0.29) is 43.3 Å². The van der Waals surface area contributed by atoms with E-state index in [0.717, 1.165) is 5.56 Å². The van der Waals surface area contributed by atoms with E-state index in [1.54, 1.807) is 12.1 Å². The van der Waals surface area contributed by atoms with Crippen molar-refractivity contribution in [3.8, 4) is 11.5 Å². The Morgan fingerprint density at radius 1 is 0.889 bits per heavy atom. The summed E-state index contributed by atoms with van der Waals surface area (Å²) >= 11 is 30.2. The van der Waals surface area contributed by atoms with Crippen molar-refractivity contribution in [3.05, 3.63) is 54.4 Å². The monoisotopic (exact) mass is 468 g/mol. The Balaban J connectivity index is 1.95. The molecule has 0 saturated carbocycles. The number of Topliss-reactive ketones (excluding diaryl/α,β-unsaturated/α-hetero) is 1. The number of benzene rings is 2. The lowest BCUT2D eigenvalue weighted by Crippen LogP contribution is -2.07. The van der Waals surface area contributed by atoms with Gasteiger partial charge in [-0.2, -0.15) is 0 Å². The van der Waals surface area contributed by atoms with Gasteiger partial charge in [-0.05, 0) is 18.6 Å². The van der Waals surface area contributed by atoms with E-state index in [9.17, 15) is 4.79 Å². The van der Waals surface area contributed by atoms with E-state index < -0.39 is 0 Å². The molecule has 0 radical (unpaired) electrons. The van der Waals surface area contributed by atoms with E-state index >= 15 is 0 Å². The first kappa shape index (κ1) is 22.4. The maximum Gasteiger partial charge on any atom is 0.162 e. The van der Waals surface area contributed by atoms with Gasteiger partial charge in [-0.15, -0.1) is 0 Å².